The second kappa shape index (κ2) is 4.74. The highest BCUT2D eigenvalue weighted by Crippen LogP contribution is 2.25. The number of nitrogens with zero attached hydrogens (tertiary/aromatic N) is 3. The minimum atomic E-state index is 0.0641. The highest BCUT2D eigenvalue weighted by molar-refractivity contribution is 8.14. The van der Waals surface area contributed by atoms with E-state index in [1.165, 1.54) is 0 Å². The molecular weight excluding hydrogens is 242 g/mol. The first-order valence-corrected chi connectivity index (χ1v) is 5.36. The van der Waals surface area contributed by atoms with E-state index in [1.807, 2.05) is 6.07 Å². The number of oxime groups is 1. The summed E-state index contributed by atoms with van der Waals surface area (Å²) in [4.78, 5) is 0.792. The van der Waals surface area contributed by atoms with Gasteiger partial charge in [0.05, 0.1) is 0 Å². The summed E-state index contributed by atoms with van der Waals surface area (Å²) < 4.78 is 4.43. The maximum Gasteiger partial charge on any atom is 0.198 e. The smallest absolute Gasteiger partial charge is 0.198 e. The van der Waals surface area contributed by atoms with Gasteiger partial charge in [-0.25, -0.2) is 4.63 Å². The Hall–Kier alpha value is -2.22. The Morgan fingerprint density at radius 1 is 1.35 bits per heavy atom. The molecule has 0 saturated carbocycles. The summed E-state index contributed by atoms with van der Waals surface area (Å²) in [5.41, 5.74) is 11.9. The molecule has 17 heavy (non-hydrogen) atoms. The van der Waals surface area contributed by atoms with Gasteiger partial charge in [0, 0.05) is 10.6 Å². The summed E-state index contributed by atoms with van der Waals surface area (Å²) in [6, 6.07) is 7.10. The Morgan fingerprint density at radius 3 is 2.76 bits per heavy atom. The van der Waals surface area contributed by atoms with E-state index < -0.39 is 0 Å². The number of benzene rings is 1. The molecule has 7 nitrogen and oxygen atoms in total. The Balaban J connectivity index is 2.26. The van der Waals surface area contributed by atoms with Crippen LogP contribution in [0.25, 0.3) is 0 Å². The maximum absolute atomic E-state index is 8.92. The van der Waals surface area contributed by atoms with Gasteiger partial charge in [0.15, 0.2) is 16.6 Å². The van der Waals surface area contributed by atoms with Crippen LogP contribution < -0.4 is 11.5 Å². The van der Waals surface area contributed by atoms with E-state index in [0.717, 1.165) is 16.7 Å². The number of nitrogens with two attached hydrogens (primary N) is 2. The van der Waals surface area contributed by atoms with Crippen LogP contribution in [0.2, 0.25) is 0 Å². The quantitative estimate of drug-likeness (QED) is 0.183. The third-order valence-electron chi connectivity index (χ3n) is 1.88. The lowest BCUT2D eigenvalue weighted by molar-refractivity contribution is 0.306. The zero-order chi connectivity index (χ0) is 12.3. The first kappa shape index (κ1) is 11.3. The molecule has 0 fully saturated rings. The van der Waals surface area contributed by atoms with Gasteiger partial charge >= 0.3 is 0 Å². The zero-order valence-corrected chi connectivity index (χ0v) is 9.39. The van der Waals surface area contributed by atoms with Crippen LogP contribution in [0, 0.1) is 0 Å². The number of thioether (sulfide) groups is 1. The molecule has 1 aromatic carbocycles. The van der Waals surface area contributed by atoms with Crippen LogP contribution in [0.3, 0.4) is 0 Å². The number of aromatic nitrogens is 2. The molecule has 0 aliphatic rings. The molecule has 2 rings (SSSR count). The van der Waals surface area contributed by atoms with E-state index in [1.54, 1.807) is 18.2 Å². The average molecular weight is 251 g/mol. The predicted octanol–water partition coefficient (Wildman–Crippen LogP) is 1.16. The molecule has 0 bridgehead atoms. The molecule has 8 heteroatoms. The second-order valence-electron chi connectivity index (χ2n) is 3.08. The molecule has 0 amide bonds. The van der Waals surface area contributed by atoms with Gasteiger partial charge in [-0.3, -0.25) is 0 Å². The van der Waals surface area contributed by atoms with E-state index in [2.05, 4.69) is 20.1 Å². The van der Waals surface area contributed by atoms with Crippen LogP contribution in [0.4, 0.5) is 11.5 Å². The third-order valence-corrected chi connectivity index (χ3v) is 2.84. The maximum atomic E-state index is 8.92. The van der Waals surface area contributed by atoms with Crippen LogP contribution in [0.1, 0.15) is 5.69 Å². The number of nitrogen functional groups attached to an aromatic ring is 2. The van der Waals surface area contributed by atoms with Gasteiger partial charge < -0.3 is 16.7 Å². The van der Waals surface area contributed by atoms with Gasteiger partial charge in [0.25, 0.3) is 0 Å². The van der Waals surface area contributed by atoms with Crippen LogP contribution in [0.15, 0.2) is 38.9 Å². The second-order valence-corrected chi connectivity index (χ2v) is 4.14. The first-order chi connectivity index (χ1) is 8.20. The van der Waals surface area contributed by atoms with E-state index in [0.29, 0.717) is 5.69 Å². The Morgan fingerprint density at radius 2 is 2.18 bits per heavy atom. The fraction of sp³-hybridized carbons (Fsp3) is 0. The molecular formula is C9H9N5O2S. The standard InChI is InChI=1S/C9H9N5O2S/c10-5-2-1-3-6(4-5)17-9(12-15)7-8(11)14-16-13-7/h1-4,15H,10H2,(H2,11,14)/b12-9-. The fourth-order valence-corrected chi connectivity index (χ4v) is 1.99. The van der Waals surface area contributed by atoms with Gasteiger partial charge in [0.2, 0.25) is 0 Å². The molecule has 0 spiro atoms. The Kier molecular flexibility index (Phi) is 3.15. The van der Waals surface area contributed by atoms with E-state index in [-0.39, 0.29) is 16.6 Å². The first-order valence-electron chi connectivity index (χ1n) is 4.54. The van der Waals surface area contributed by atoms with Crippen molar-refractivity contribution in [3.63, 3.8) is 0 Å². The van der Waals surface area contributed by atoms with Crippen molar-refractivity contribution >= 4 is 28.3 Å². The van der Waals surface area contributed by atoms with Crippen molar-refractivity contribution in [2.45, 2.75) is 4.90 Å². The van der Waals surface area contributed by atoms with Crippen LogP contribution >= 0.6 is 11.8 Å². The number of rotatable bonds is 2. The predicted molar refractivity (Wildman–Crippen MR) is 63.7 cm³/mol. The summed E-state index contributed by atoms with van der Waals surface area (Å²) in [5.74, 6) is 0.0641. The van der Waals surface area contributed by atoms with Crippen molar-refractivity contribution in [3.05, 3.63) is 30.0 Å². The molecule has 5 N–H and O–H groups in total. The van der Waals surface area contributed by atoms with Gasteiger partial charge in [-0.1, -0.05) is 23.0 Å². The third kappa shape index (κ3) is 2.48. The summed E-state index contributed by atoms with van der Waals surface area (Å²) in [7, 11) is 0. The molecule has 0 saturated heterocycles. The monoisotopic (exact) mass is 251 g/mol. The molecule has 0 aliphatic carbocycles. The molecule has 0 radical (unpaired) electrons. The summed E-state index contributed by atoms with van der Waals surface area (Å²) in [6.45, 7) is 0. The average Bonchev–Trinajstić information content (AvgIpc) is 2.72. The van der Waals surface area contributed by atoms with Gasteiger partial charge in [-0.15, -0.1) is 0 Å². The topological polar surface area (TPSA) is 124 Å². The van der Waals surface area contributed by atoms with Crippen molar-refractivity contribution < 1.29 is 9.84 Å². The van der Waals surface area contributed by atoms with E-state index in [9.17, 15) is 0 Å². The lowest BCUT2D eigenvalue weighted by Gasteiger charge is -2.01. The van der Waals surface area contributed by atoms with Crippen LogP contribution in [-0.4, -0.2) is 20.6 Å². The van der Waals surface area contributed by atoms with Crippen molar-refractivity contribution in [2.75, 3.05) is 11.5 Å². The number of anilines is 2. The zero-order valence-electron chi connectivity index (χ0n) is 8.57. The lowest BCUT2D eigenvalue weighted by Crippen LogP contribution is -2.01. The number of hydrogen-bond donors (Lipinski definition) is 3. The fourth-order valence-electron chi connectivity index (χ4n) is 1.15. The normalized spacial score (nSPS) is 11.6. The molecule has 88 valence electrons. The SMILES string of the molecule is Nc1cccc(S/C(=N\O)c2nonc2N)c1. The summed E-state index contributed by atoms with van der Waals surface area (Å²) in [6.07, 6.45) is 0. The Bertz CT molecular complexity index is 554. The highest BCUT2D eigenvalue weighted by Gasteiger charge is 2.16. The van der Waals surface area contributed by atoms with Crippen molar-refractivity contribution in [2.24, 2.45) is 5.16 Å². The molecule has 2 aromatic rings. The van der Waals surface area contributed by atoms with Crippen LogP contribution in [0.5, 0.6) is 0 Å². The van der Waals surface area contributed by atoms with Crippen LogP contribution in [-0.2, 0) is 0 Å². The minimum absolute atomic E-state index is 0.0641. The van der Waals surface area contributed by atoms with Gasteiger partial charge in [-0.2, -0.15) is 0 Å². The lowest BCUT2D eigenvalue weighted by atomic mass is 10.3. The Labute approximate surface area is 100 Å². The highest BCUT2D eigenvalue weighted by atomic mass is 32.2. The van der Waals surface area contributed by atoms with Gasteiger partial charge in [-0.05, 0) is 28.5 Å². The molecule has 1 aromatic heterocycles. The summed E-state index contributed by atoms with van der Waals surface area (Å²) >= 11 is 1.15. The van der Waals surface area contributed by atoms with E-state index >= 15 is 0 Å². The molecule has 0 atom stereocenters. The van der Waals surface area contributed by atoms with Crippen molar-refractivity contribution in [1.29, 1.82) is 0 Å². The molecule has 0 unspecified atom stereocenters. The molecule has 0 aliphatic heterocycles. The largest absolute Gasteiger partial charge is 0.410 e. The summed E-state index contributed by atoms with van der Waals surface area (Å²) in [5, 5.41) is 19.2. The van der Waals surface area contributed by atoms with Crippen molar-refractivity contribution in [3.8, 4) is 0 Å². The van der Waals surface area contributed by atoms with Gasteiger partial charge in [0.1, 0.15) is 0 Å². The van der Waals surface area contributed by atoms with E-state index in [4.69, 9.17) is 16.7 Å². The minimum Gasteiger partial charge on any atom is -0.410 e. The number of hydrogen-bond acceptors (Lipinski definition) is 8. The molecule has 1 heterocycles. The van der Waals surface area contributed by atoms with Crippen molar-refractivity contribution in [1.82, 2.24) is 10.3 Å².